The van der Waals surface area contributed by atoms with E-state index in [1.54, 1.807) is 12.1 Å². The van der Waals surface area contributed by atoms with Crippen LogP contribution in [0.25, 0.3) is 0 Å². The second-order valence-electron chi connectivity index (χ2n) is 4.49. The molecule has 1 aromatic carbocycles. The van der Waals surface area contributed by atoms with E-state index in [1.807, 2.05) is 6.07 Å². The van der Waals surface area contributed by atoms with Gasteiger partial charge in [0.15, 0.2) is 0 Å². The summed E-state index contributed by atoms with van der Waals surface area (Å²) >= 11 is 0. The monoisotopic (exact) mass is 220 g/mol. The molecule has 0 spiro atoms. The van der Waals surface area contributed by atoms with Gasteiger partial charge in [0, 0.05) is 18.2 Å². The highest BCUT2D eigenvalue weighted by Crippen LogP contribution is 2.28. The second-order valence-corrected chi connectivity index (χ2v) is 4.49. The molecule has 0 radical (unpaired) electrons. The van der Waals surface area contributed by atoms with E-state index in [0.29, 0.717) is 5.92 Å². The summed E-state index contributed by atoms with van der Waals surface area (Å²) in [6.45, 7) is 0. The molecule has 1 saturated carbocycles. The van der Waals surface area contributed by atoms with E-state index in [-0.39, 0.29) is 16.7 Å². The van der Waals surface area contributed by atoms with Gasteiger partial charge in [-0.25, -0.2) is 0 Å². The first-order valence-corrected chi connectivity index (χ1v) is 5.66. The molecule has 0 bridgehead atoms. The van der Waals surface area contributed by atoms with Gasteiger partial charge in [-0.2, -0.15) is 0 Å². The van der Waals surface area contributed by atoms with Crippen molar-refractivity contribution in [1.82, 2.24) is 0 Å². The fourth-order valence-corrected chi connectivity index (χ4v) is 2.42. The van der Waals surface area contributed by atoms with Crippen molar-refractivity contribution in [3.63, 3.8) is 0 Å². The standard InChI is InChI=1S/C12H16N2O2/c13-12-6-2-4-10(12)7-9-3-1-5-11(8-9)14(15)16/h1,3,5,8,10,12H,2,4,6-7,13H2. The summed E-state index contributed by atoms with van der Waals surface area (Å²) in [6, 6.07) is 7.13. The smallest absolute Gasteiger partial charge is 0.269 e. The minimum atomic E-state index is -0.349. The Bertz CT molecular complexity index is 392. The first-order chi connectivity index (χ1) is 7.66. The van der Waals surface area contributed by atoms with Gasteiger partial charge in [0.05, 0.1) is 4.92 Å². The second kappa shape index (κ2) is 4.61. The molecule has 4 nitrogen and oxygen atoms in total. The summed E-state index contributed by atoms with van der Waals surface area (Å²) in [5, 5.41) is 10.6. The number of nitrogens with zero attached hydrogens (tertiary/aromatic N) is 1. The van der Waals surface area contributed by atoms with E-state index >= 15 is 0 Å². The van der Waals surface area contributed by atoms with Gasteiger partial charge in [-0.1, -0.05) is 18.6 Å². The number of non-ortho nitro benzene ring substituents is 1. The lowest BCUT2D eigenvalue weighted by Crippen LogP contribution is -2.25. The molecule has 0 amide bonds. The molecule has 2 unspecified atom stereocenters. The molecule has 0 heterocycles. The molecule has 1 aliphatic carbocycles. The van der Waals surface area contributed by atoms with E-state index in [1.165, 1.54) is 12.5 Å². The van der Waals surface area contributed by atoms with Crippen LogP contribution in [0.3, 0.4) is 0 Å². The van der Waals surface area contributed by atoms with Gasteiger partial charge in [0.25, 0.3) is 5.69 Å². The number of nitrogens with two attached hydrogens (primary N) is 1. The van der Waals surface area contributed by atoms with Crippen LogP contribution in [0.2, 0.25) is 0 Å². The quantitative estimate of drug-likeness (QED) is 0.627. The number of benzene rings is 1. The Morgan fingerprint density at radius 2 is 2.25 bits per heavy atom. The van der Waals surface area contributed by atoms with Crippen molar-refractivity contribution in [2.75, 3.05) is 0 Å². The Morgan fingerprint density at radius 3 is 2.88 bits per heavy atom. The van der Waals surface area contributed by atoms with Crippen molar-refractivity contribution >= 4 is 5.69 Å². The van der Waals surface area contributed by atoms with E-state index < -0.39 is 0 Å². The molecule has 2 rings (SSSR count). The summed E-state index contributed by atoms with van der Waals surface area (Å²) < 4.78 is 0. The molecule has 16 heavy (non-hydrogen) atoms. The van der Waals surface area contributed by atoms with Gasteiger partial charge in [-0.15, -0.1) is 0 Å². The van der Waals surface area contributed by atoms with E-state index in [9.17, 15) is 10.1 Å². The third kappa shape index (κ3) is 2.39. The Labute approximate surface area is 94.6 Å². The average molecular weight is 220 g/mol. The van der Waals surface area contributed by atoms with Crippen LogP contribution in [0, 0.1) is 16.0 Å². The molecule has 1 aromatic rings. The first-order valence-electron chi connectivity index (χ1n) is 5.66. The van der Waals surface area contributed by atoms with E-state index in [4.69, 9.17) is 5.73 Å². The molecule has 86 valence electrons. The fourth-order valence-electron chi connectivity index (χ4n) is 2.42. The largest absolute Gasteiger partial charge is 0.327 e. The Kier molecular flexibility index (Phi) is 3.19. The summed E-state index contributed by atoms with van der Waals surface area (Å²) in [5.41, 5.74) is 7.19. The number of rotatable bonds is 3. The lowest BCUT2D eigenvalue weighted by atomic mass is 9.95. The van der Waals surface area contributed by atoms with E-state index in [2.05, 4.69) is 0 Å². The number of nitro benzene ring substituents is 1. The molecule has 4 heteroatoms. The topological polar surface area (TPSA) is 69.2 Å². The maximum Gasteiger partial charge on any atom is 0.269 e. The average Bonchev–Trinajstić information content (AvgIpc) is 2.65. The van der Waals surface area contributed by atoms with Gasteiger partial charge < -0.3 is 5.73 Å². The fraction of sp³-hybridized carbons (Fsp3) is 0.500. The SMILES string of the molecule is NC1CCCC1Cc1cccc([N+](=O)[O-])c1. The zero-order chi connectivity index (χ0) is 11.5. The van der Waals surface area contributed by atoms with Crippen LogP contribution in [0.4, 0.5) is 5.69 Å². The minimum Gasteiger partial charge on any atom is -0.327 e. The van der Waals surface area contributed by atoms with E-state index in [0.717, 1.165) is 24.8 Å². The Hall–Kier alpha value is -1.42. The van der Waals surface area contributed by atoms with Gasteiger partial charge in [-0.3, -0.25) is 10.1 Å². The van der Waals surface area contributed by atoms with Gasteiger partial charge in [0.2, 0.25) is 0 Å². The Balaban J connectivity index is 2.09. The van der Waals surface area contributed by atoms with Crippen LogP contribution >= 0.6 is 0 Å². The highest BCUT2D eigenvalue weighted by molar-refractivity contribution is 5.34. The zero-order valence-electron chi connectivity index (χ0n) is 9.13. The third-order valence-corrected chi connectivity index (χ3v) is 3.34. The van der Waals surface area contributed by atoms with Crippen LogP contribution in [0.5, 0.6) is 0 Å². The molecule has 1 fully saturated rings. The summed E-state index contributed by atoms with van der Waals surface area (Å²) in [7, 11) is 0. The maximum absolute atomic E-state index is 10.6. The predicted molar refractivity (Wildman–Crippen MR) is 62.1 cm³/mol. The van der Waals surface area contributed by atoms with Crippen molar-refractivity contribution in [2.45, 2.75) is 31.7 Å². The molecular weight excluding hydrogens is 204 g/mol. The van der Waals surface area contributed by atoms with Gasteiger partial charge in [-0.05, 0) is 30.7 Å². The van der Waals surface area contributed by atoms with Crippen LogP contribution in [0.15, 0.2) is 24.3 Å². The maximum atomic E-state index is 10.6. The lowest BCUT2D eigenvalue weighted by Gasteiger charge is -2.14. The van der Waals surface area contributed by atoms with Crippen LogP contribution < -0.4 is 5.73 Å². The highest BCUT2D eigenvalue weighted by Gasteiger charge is 2.24. The van der Waals surface area contributed by atoms with Crippen LogP contribution in [-0.4, -0.2) is 11.0 Å². The lowest BCUT2D eigenvalue weighted by molar-refractivity contribution is -0.384. The Morgan fingerprint density at radius 1 is 1.44 bits per heavy atom. The van der Waals surface area contributed by atoms with Crippen molar-refractivity contribution in [3.8, 4) is 0 Å². The summed E-state index contributed by atoms with van der Waals surface area (Å²) in [4.78, 5) is 10.3. The molecular formula is C12H16N2O2. The van der Waals surface area contributed by atoms with Crippen molar-refractivity contribution in [1.29, 1.82) is 0 Å². The van der Waals surface area contributed by atoms with Crippen LogP contribution in [-0.2, 0) is 6.42 Å². The summed E-state index contributed by atoms with van der Waals surface area (Å²) in [6.07, 6.45) is 4.27. The third-order valence-electron chi connectivity index (χ3n) is 3.34. The normalized spacial score (nSPS) is 24.6. The minimum absolute atomic E-state index is 0.170. The first kappa shape index (κ1) is 11.1. The molecule has 1 aliphatic rings. The van der Waals surface area contributed by atoms with Crippen LogP contribution in [0.1, 0.15) is 24.8 Å². The number of hydrogen-bond acceptors (Lipinski definition) is 3. The summed E-state index contributed by atoms with van der Waals surface area (Å²) in [5.74, 6) is 0.488. The molecule has 0 saturated heterocycles. The van der Waals surface area contributed by atoms with Crippen molar-refractivity contribution < 1.29 is 4.92 Å². The zero-order valence-corrected chi connectivity index (χ0v) is 9.13. The molecule has 0 aromatic heterocycles. The van der Waals surface area contributed by atoms with Gasteiger partial charge in [0.1, 0.15) is 0 Å². The molecule has 2 N–H and O–H groups in total. The van der Waals surface area contributed by atoms with Crippen molar-refractivity contribution in [3.05, 3.63) is 39.9 Å². The molecule has 2 atom stereocenters. The predicted octanol–water partition coefficient (Wildman–Crippen LogP) is 2.26. The van der Waals surface area contributed by atoms with Gasteiger partial charge >= 0.3 is 0 Å². The highest BCUT2D eigenvalue weighted by atomic mass is 16.6. The number of hydrogen-bond donors (Lipinski definition) is 1. The molecule has 0 aliphatic heterocycles. The van der Waals surface area contributed by atoms with Crippen molar-refractivity contribution in [2.24, 2.45) is 11.7 Å². The number of nitro groups is 1.